The predicted molar refractivity (Wildman–Crippen MR) is 94.2 cm³/mol. The van der Waals surface area contributed by atoms with E-state index in [-0.39, 0.29) is 5.91 Å². The van der Waals surface area contributed by atoms with Gasteiger partial charge in [-0.25, -0.2) is 9.97 Å². The van der Waals surface area contributed by atoms with Crippen LogP contribution in [0.15, 0.2) is 59.5 Å². The second-order valence-corrected chi connectivity index (χ2v) is 6.42. The molecule has 0 radical (unpaired) electrons. The van der Waals surface area contributed by atoms with E-state index in [1.165, 1.54) is 23.3 Å². The topological polar surface area (TPSA) is 68.0 Å². The molecule has 2 aromatic heterocycles. The fourth-order valence-electron chi connectivity index (χ4n) is 2.40. The molecular weight excluding hydrogens is 322 g/mol. The summed E-state index contributed by atoms with van der Waals surface area (Å²) in [7, 11) is 0. The Morgan fingerprint density at radius 3 is 2.75 bits per heavy atom. The molecule has 6 heteroatoms. The van der Waals surface area contributed by atoms with E-state index in [0.717, 1.165) is 15.8 Å². The number of benzene rings is 2. The van der Waals surface area contributed by atoms with Crippen molar-refractivity contribution in [2.45, 2.75) is 6.92 Å². The average Bonchev–Trinajstić information content (AvgIpc) is 3.23. The maximum Gasteiger partial charge on any atom is 0.257 e. The first-order chi connectivity index (χ1) is 11.7. The lowest BCUT2D eigenvalue weighted by Gasteiger charge is -2.02. The number of amides is 1. The Kier molecular flexibility index (Phi) is 3.59. The van der Waals surface area contributed by atoms with Gasteiger partial charge in [-0.3, -0.25) is 10.1 Å². The van der Waals surface area contributed by atoms with Gasteiger partial charge in [-0.2, -0.15) is 0 Å². The van der Waals surface area contributed by atoms with E-state index in [4.69, 9.17) is 4.42 Å². The first-order valence-corrected chi connectivity index (χ1v) is 8.18. The number of fused-ring (bicyclic) bond motifs is 1. The van der Waals surface area contributed by atoms with Gasteiger partial charge in [-0.05, 0) is 36.8 Å². The van der Waals surface area contributed by atoms with Crippen molar-refractivity contribution < 1.29 is 9.21 Å². The first-order valence-electron chi connectivity index (χ1n) is 7.36. The molecule has 4 aromatic rings. The van der Waals surface area contributed by atoms with Gasteiger partial charge in [-0.15, -0.1) is 0 Å². The summed E-state index contributed by atoms with van der Waals surface area (Å²) in [6.45, 7) is 2.04. The third-order valence-electron chi connectivity index (χ3n) is 3.63. The largest absolute Gasteiger partial charge is 0.444 e. The highest BCUT2D eigenvalue weighted by molar-refractivity contribution is 7.22. The number of hydrogen-bond donors (Lipinski definition) is 1. The Hall–Kier alpha value is -2.99. The van der Waals surface area contributed by atoms with Crippen molar-refractivity contribution in [3.63, 3.8) is 0 Å². The van der Waals surface area contributed by atoms with Crippen LogP contribution >= 0.6 is 11.3 Å². The number of thiazole rings is 1. The summed E-state index contributed by atoms with van der Waals surface area (Å²) in [5.41, 5.74) is 3.50. The molecule has 24 heavy (non-hydrogen) atoms. The van der Waals surface area contributed by atoms with Gasteiger partial charge < -0.3 is 4.42 Å². The van der Waals surface area contributed by atoms with Crippen molar-refractivity contribution in [3.05, 3.63) is 66.2 Å². The van der Waals surface area contributed by atoms with E-state index in [2.05, 4.69) is 21.4 Å². The minimum absolute atomic E-state index is 0.185. The second-order valence-electron chi connectivity index (χ2n) is 5.39. The number of carbonyl (C=O) groups is 1. The summed E-state index contributed by atoms with van der Waals surface area (Å²) >= 11 is 1.47. The summed E-state index contributed by atoms with van der Waals surface area (Å²) in [6, 6.07) is 13.2. The number of anilines is 1. The quantitative estimate of drug-likeness (QED) is 0.598. The van der Waals surface area contributed by atoms with Crippen LogP contribution in [0, 0.1) is 6.92 Å². The molecule has 0 fully saturated rings. The van der Waals surface area contributed by atoms with Crippen LogP contribution in [0.3, 0.4) is 0 Å². The lowest BCUT2D eigenvalue weighted by Crippen LogP contribution is -2.11. The van der Waals surface area contributed by atoms with Crippen molar-refractivity contribution >= 4 is 32.6 Å². The van der Waals surface area contributed by atoms with Crippen molar-refractivity contribution in [2.24, 2.45) is 0 Å². The molecule has 0 bridgehead atoms. The Labute approximate surface area is 142 Å². The number of aromatic nitrogens is 2. The summed E-state index contributed by atoms with van der Waals surface area (Å²) in [5, 5.41) is 3.45. The van der Waals surface area contributed by atoms with Crippen LogP contribution in [0.2, 0.25) is 0 Å². The Morgan fingerprint density at radius 2 is 2.00 bits per heavy atom. The molecule has 0 atom stereocenters. The highest BCUT2D eigenvalue weighted by Crippen LogP contribution is 2.27. The monoisotopic (exact) mass is 335 g/mol. The molecule has 0 aliphatic carbocycles. The van der Waals surface area contributed by atoms with Crippen molar-refractivity contribution in [1.29, 1.82) is 0 Å². The smallest absolute Gasteiger partial charge is 0.257 e. The molecule has 2 aromatic carbocycles. The molecule has 0 aliphatic heterocycles. The first kappa shape index (κ1) is 14.6. The van der Waals surface area contributed by atoms with E-state index in [1.54, 1.807) is 18.3 Å². The van der Waals surface area contributed by atoms with Crippen LogP contribution in [0.1, 0.15) is 15.9 Å². The van der Waals surface area contributed by atoms with Gasteiger partial charge in [0.25, 0.3) is 5.91 Å². The second kappa shape index (κ2) is 5.90. The lowest BCUT2D eigenvalue weighted by molar-refractivity contribution is 0.102. The van der Waals surface area contributed by atoms with E-state index < -0.39 is 0 Å². The molecule has 4 rings (SSSR count). The molecule has 5 nitrogen and oxygen atoms in total. The van der Waals surface area contributed by atoms with E-state index in [1.807, 2.05) is 31.2 Å². The van der Waals surface area contributed by atoms with Gasteiger partial charge in [0, 0.05) is 11.1 Å². The molecule has 1 amide bonds. The molecule has 0 spiro atoms. The minimum Gasteiger partial charge on any atom is -0.444 e. The van der Waals surface area contributed by atoms with Crippen molar-refractivity contribution in [1.82, 2.24) is 9.97 Å². The highest BCUT2D eigenvalue weighted by atomic mass is 32.1. The van der Waals surface area contributed by atoms with Crippen LogP contribution in [0.25, 0.3) is 21.5 Å². The normalized spacial score (nSPS) is 10.9. The number of carbonyl (C=O) groups excluding carboxylic acids is 1. The lowest BCUT2D eigenvalue weighted by atomic mass is 10.1. The molecular formula is C18H13N3O2S. The Morgan fingerprint density at radius 1 is 1.17 bits per heavy atom. The third kappa shape index (κ3) is 2.79. The molecule has 0 saturated heterocycles. The summed E-state index contributed by atoms with van der Waals surface area (Å²) in [5.74, 6) is 0.485. The SMILES string of the molecule is Cc1ccc2nc(NC(=O)c3ccc(-c4cnco4)cc3)sc2c1. The highest BCUT2D eigenvalue weighted by Gasteiger charge is 2.11. The van der Waals surface area contributed by atoms with Gasteiger partial charge in [0.15, 0.2) is 17.3 Å². The Bertz CT molecular complexity index is 1000. The van der Waals surface area contributed by atoms with Crippen LogP contribution < -0.4 is 5.32 Å². The van der Waals surface area contributed by atoms with Crippen LogP contribution in [0.5, 0.6) is 0 Å². The van der Waals surface area contributed by atoms with E-state index in [9.17, 15) is 4.79 Å². The average molecular weight is 335 g/mol. The summed E-state index contributed by atoms with van der Waals surface area (Å²) in [6.07, 6.45) is 3.02. The predicted octanol–water partition coefficient (Wildman–Crippen LogP) is 4.51. The standard InChI is InChI=1S/C18H13N3O2S/c1-11-2-7-14-16(8-11)24-18(20-14)21-17(22)13-5-3-12(4-6-13)15-9-19-10-23-15/h2-10H,1H3,(H,20,21,22). The zero-order valence-corrected chi connectivity index (χ0v) is 13.6. The number of rotatable bonds is 3. The van der Waals surface area contributed by atoms with Crippen LogP contribution in [-0.2, 0) is 0 Å². The van der Waals surface area contributed by atoms with Gasteiger partial charge in [-0.1, -0.05) is 29.5 Å². The minimum atomic E-state index is -0.185. The summed E-state index contributed by atoms with van der Waals surface area (Å²) < 4.78 is 6.30. The van der Waals surface area contributed by atoms with Gasteiger partial charge in [0.2, 0.25) is 0 Å². The number of nitrogens with one attached hydrogen (secondary N) is 1. The van der Waals surface area contributed by atoms with Crippen molar-refractivity contribution in [3.8, 4) is 11.3 Å². The fraction of sp³-hybridized carbons (Fsp3) is 0.0556. The summed E-state index contributed by atoms with van der Waals surface area (Å²) in [4.78, 5) is 20.7. The van der Waals surface area contributed by atoms with Gasteiger partial charge in [0.05, 0.1) is 16.4 Å². The maximum atomic E-state index is 12.4. The van der Waals surface area contributed by atoms with E-state index >= 15 is 0 Å². The molecule has 0 aliphatic rings. The molecule has 0 unspecified atom stereocenters. The molecule has 0 saturated carbocycles. The van der Waals surface area contributed by atoms with Crippen LogP contribution in [-0.4, -0.2) is 15.9 Å². The van der Waals surface area contributed by atoms with Crippen LogP contribution in [0.4, 0.5) is 5.13 Å². The zero-order chi connectivity index (χ0) is 16.5. The number of hydrogen-bond acceptors (Lipinski definition) is 5. The van der Waals surface area contributed by atoms with E-state index in [0.29, 0.717) is 16.5 Å². The Balaban J connectivity index is 1.54. The molecule has 118 valence electrons. The molecule has 1 N–H and O–H groups in total. The third-order valence-corrected chi connectivity index (χ3v) is 4.56. The maximum absolute atomic E-state index is 12.4. The number of oxazole rings is 1. The zero-order valence-electron chi connectivity index (χ0n) is 12.8. The number of aryl methyl sites for hydroxylation is 1. The van der Waals surface area contributed by atoms with Gasteiger partial charge >= 0.3 is 0 Å². The molecule has 2 heterocycles. The van der Waals surface area contributed by atoms with Crippen molar-refractivity contribution in [2.75, 3.05) is 5.32 Å². The fourth-order valence-corrected chi connectivity index (χ4v) is 3.36. The number of nitrogens with zero attached hydrogens (tertiary/aromatic N) is 2. The van der Waals surface area contributed by atoms with Gasteiger partial charge in [0.1, 0.15) is 0 Å².